The Morgan fingerprint density at radius 1 is 0.129 bits per heavy atom. The fourth-order valence-corrected chi connectivity index (χ4v) is 18.4. The third-order valence-electron chi connectivity index (χ3n) is 23.8. The van der Waals surface area contributed by atoms with Crippen molar-refractivity contribution < 1.29 is 0 Å². The van der Waals surface area contributed by atoms with Crippen LogP contribution >= 0.6 is 0 Å². The quantitative estimate of drug-likeness (QED) is 0.114. The standard InChI is InChI=1S/C60H45N.C54H41N/c1-60(2,3)61-56-20-12-11-15-50(56)55-39-49(37-38-57(55)61)46-27-25-43(26-28-46)45-31-35-48(36-32-45)59-53-18-9-7-16-51(53)58(52-17-8-10-19-54(52)59)47-33-29-44(30-34-47)42-23-21-41(22-24-42)40-13-5-4-6-14-40;1-54(2,3)55-50-20-12-11-15-44(50)49-35-43(33-34-51(49)55)40-23-21-38(22-24-40)39-27-31-42(32-28-39)53-47-18-9-7-16-45(47)52(46-17-8-10-19-48(46)53)41-29-25-37(26-30-41)36-13-5-4-6-14-36/h4-39H,1-3H3;4-35H,1-3H3. The largest absolute Gasteiger partial charge is 0.335 e. The molecular formula is C114H86N2. The fourth-order valence-electron chi connectivity index (χ4n) is 18.4. The SMILES string of the molecule is CC(C)(C)n1c2ccccc2c2cc(-c3ccc(-c4ccc(-c5c6ccccc6c(-c6ccc(-c7ccc(-c8ccccc8)cc7)cc6)c6ccccc56)cc4)cc3)ccc21.CC(C)(C)n1c2ccccc2c2cc(-c3ccc(-c4ccc(-c5c6ccccc6c(-c6ccc(-c7ccccc7)cc6)c6ccccc56)cc4)cc3)ccc21. The first-order valence-corrected chi connectivity index (χ1v) is 40.6. The minimum absolute atomic E-state index is 0.0143. The van der Waals surface area contributed by atoms with E-state index in [1.807, 2.05) is 0 Å². The van der Waals surface area contributed by atoms with Gasteiger partial charge in [-0.2, -0.15) is 0 Å². The van der Waals surface area contributed by atoms with Gasteiger partial charge in [0.25, 0.3) is 0 Å². The summed E-state index contributed by atoms with van der Waals surface area (Å²) in [7, 11) is 0. The summed E-state index contributed by atoms with van der Waals surface area (Å²) in [4.78, 5) is 0. The van der Waals surface area contributed by atoms with Gasteiger partial charge < -0.3 is 9.13 Å². The van der Waals surface area contributed by atoms with Gasteiger partial charge in [0.05, 0.1) is 0 Å². The van der Waals surface area contributed by atoms with Gasteiger partial charge in [-0.25, -0.2) is 0 Å². The molecule has 0 aliphatic carbocycles. The molecular weight excluding hydrogens is 1400 g/mol. The highest BCUT2D eigenvalue weighted by molar-refractivity contribution is 6.23. The van der Waals surface area contributed by atoms with Crippen molar-refractivity contribution in [3.63, 3.8) is 0 Å². The van der Waals surface area contributed by atoms with E-state index in [4.69, 9.17) is 0 Å². The van der Waals surface area contributed by atoms with Crippen LogP contribution in [0.4, 0.5) is 0 Å². The van der Waals surface area contributed by atoms with Crippen LogP contribution in [0.5, 0.6) is 0 Å². The Labute approximate surface area is 678 Å². The maximum Gasteiger partial charge on any atom is 0.0496 e. The number of nitrogens with zero attached hydrogens (tertiary/aromatic N) is 2. The maximum atomic E-state index is 2.47. The topological polar surface area (TPSA) is 9.86 Å². The minimum atomic E-state index is -0.0189. The summed E-state index contributed by atoms with van der Waals surface area (Å²) < 4.78 is 4.94. The molecule has 2 heteroatoms. The van der Waals surface area contributed by atoms with Gasteiger partial charge in [-0.05, 0) is 243 Å². The van der Waals surface area contributed by atoms with Crippen molar-refractivity contribution in [2.75, 3.05) is 0 Å². The Morgan fingerprint density at radius 2 is 0.284 bits per heavy atom. The molecule has 0 saturated heterocycles. The molecule has 2 heterocycles. The van der Waals surface area contributed by atoms with Gasteiger partial charge in [0.2, 0.25) is 0 Å². The summed E-state index contributed by atoms with van der Waals surface area (Å²) in [6.45, 7) is 13.7. The van der Waals surface area contributed by atoms with Crippen molar-refractivity contribution in [3.05, 3.63) is 413 Å². The molecule has 0 aliphatic heterocycles. The van der Waals surface area contributed by atoms with Crippen LogP contribution in [0, 0.1) is 0 Å². The summed E-state index contributed by atoms with van der Waals surface area (Å²) in [6, 6.07) is 152. The number of benzene rings is 19. The van der Waals surface area contributed by atoms with Crippen LogP contribution in [0.25, 0.3) is 209 Å². The lowest BCUT2D eigenvalue weighted by Crippen LogP contribution is -2.21. The van der Waals surface area contributed by atoms with Crippen LogP contribution in [-0.4, -0.2) is 9.13 Å². The monoisotopic (exact) mass is 1480 g/mol. The summed E-state index contributed by atoms with van der Waals surface area (Å²) in [5.74, 6) is 0. The smallest absolute Gasteiger partial charge is 0.0496 e. The van der Waals surface area contributed by atoms with Gasteiger partial charge in [0, 0.05) is 54.7 Å². The van der Waals surface area contributed by atoms with E-state index in [0.717, 1.165) is 0 Å². The van der Waals surface area contributed by atoms with E-state index in [-0.39, 0.29) is 11.1 Å². The van der Waals surface area contributed by atoms with E-state index < -0.39 is 0 Å². The molecule has 0 amide bonds. The highest BCUT2D eigenvalue weighted by Gasteiger charge is 2.25. The van der Waals surface area contributed by atoms with Crippen molar-refractivity contribution >= 4 is 86.7 Å². The molecule has 0 N–H and O–H groups in total. The molecule has 2 nitrogen and oxygen atoms in total. The predicted molar refractivity (Wildman–Crippen MR) is 499 cm³/mol. The van der Waals surface area contributed by atoms with E-state index in [1.54, 1.807) is 0 Å². The van der Waals surface area contributed by atoms with Crippen LogP contribution in [0.1, 0.15) is 41.5 Å². The Morgan fingerprint density at radius 3 is 0.500 bits per heavy atom. The molecule has 0 bridgehead atoms. The molecule has 0 spiro atoms. The number of fused-ring (bicyclic) bond motifs is 10. The molecule has 0 saturated carbocycles. The zero-order chi connectivity index (χ0) is 78.2. The van der Waals surface area contributed by atoms with Crippen molar-refractivity contribution in [1.29, 1.82) is 0 Å². The molecule has 21 rings (SSSR count). The number of hydrogen-bond acceptors (Lipinski definition) is 0. The van der Waals surface area contributed by atoms with E-state index in [2.05, 4.69) is 463 Å². The number of hydrogen-bond donors (Lipinski definition) is 0. The first-order valence-electron chi connectivity index (χ1n) is 40.6. The molecule has 0 radical (unpaired) electrons. The molecule has 2 aromatic heterocycles. The average molecular weight is 1480 g/mol. The third kappa shape index (κ3) is 12.8. The average Bonchev–Trinajstić information content (AvgIpc) is 1.11. The molecule has 116 heavy (non-hydrogen) atoms. The third-order valence-corrected chi connectivity index (χ3v) is 23.8. The lowest BCUT2D eigenvalue weighted by atomic mass is 9.85. The van der Waals surface area contributed by atoms with Gasteiger partial charge in [0.15, 0.2) is 0 Å². The molecule has 19 aromatic carbocycles. The number of para-hydroxylation sites is 2. The predicted octanol–water partition coefficient (Wildman–Crippen LogP) is 32.0. The second kappa shape index (κ2) is 29.1. The lowest BCUT2D eigenvalue weighted by molar-refractivity contribution is 0.423. The van der Waals surface area contributed by atoms with Crippen LogP contribution in [-0.2, 0) is 11.1 Å². The normalized spacial score (nSPS) is 11.9. The summed E-state index contributed by atoms with van der Waals surface area (Å²) in [6.07, 6.45) is 0. The van der Waals surface area contributed by atoms with Crippen LogP contribution in [0.15, 0.2) is 413 Å². The van der Waals surface area contributed by atoms with Crippen molar-refractivity contribution in [3.8, 4) is 122 Å². The molecule has 0 unspecified atom stereocenters. The first-order chi connectivity index (χ1) is 56.8. The van der Waals surface area contributed by atoms with Gasteiger partial charge in [-0.3, -0.25) is 0 Å². The Hall–Kier alpha value is -14.2. The highest BCUT2D eigenvalue weighted by Crippen LogP contribution is 2.48. The second-order valence-corrected chi connectivity index (χ2v) is 33.0. The van der Waals surface area contributed by atoms with E-state index in [0.29, 0.717) is 0 Å². The molecule has 0 aliphatic rings. The van der Waals surface area contributed by atoms with E-state index in [1.165, 1.54) is 209 Å². The van der Waals surface area contributed by atoms with E-state index in [9.17, 15) is 0 Å². The van der Waals surface area contributed by atoms with Crippen molar-refractivity contribution in [2.45, 2.75) is 52.6 Å². The Balaban J connectivity index is 0.000000150. The molecule has 0 atom stereocenters. The minimum Gasteiger partial charge on any atom is -0.335 e. The summed E-state index contributed by atoms with van der Waals surface area (Å²) >= 11 is 0. The molecule has 552 valence electrons. The zero-order valence-corrected chi connectivity index (χ0v) is 66.2. The van der Waals surface area contributed by atoms with Crippen LogP contribution in [0.3, 0.4) is 0 Å². The summed E-state index contributed by atoms with van der Waals surface area (Å²) in [5, 5.41) is 15.3. The Kier molecular flexibility index (Phi) is 17.8. The molecule has 0 fully saturated rings. The van der Waals surface area contributed by atoms with Crippen LogP contribution < -0.4 is 0 Å². The summed E-state index contributed by atoms with van der Waals surface area (Å²) in [5.41, 5.74) is 32.2. The zero-order valence-electron chi connectivity index (χ0n) is 66.2. The second-order valence-electron chi connectivity index (χ2n) is 33.0. The fraction of sp³-hybridized carbons (Fsp3) is 0.0702. The number of rotatable bonds is 11. The van der Waals surface area contributed by atoms with Gasteiger partial charge >= 0.3 is 0 Å². The van der Waals surface area contributed by atoms with Gasteiger partial charge in [-0.1, -0.05) is 376 Å². The number of aromatic nitrogens is 2. The van der Waals surface area contributed by atoms with Gasteiger partial charge in [0.1, 0.15) is 0 Å². The maximum absolute atomic E-state index is 2.47. The van der Waals surface area contributed by atoms with E-state index >= 15 is 0 Å². The highest BCUT2D eigenvalue weighted by atomic mass is 15.1. The first kappa shape index (κ1) is 70.9. The lowest BCUT2D eigenvalue weighted by Gasteiger charge is -2.24. The van der Waals surface area contributed by atoms with Gasteiger partial charge in [-0.15, -0.1) is 0 Å². The Bertz CT molecular complexity index is 7160. The van der Waals surface area contributed by atoms with Crippen molar-refractivity contribution in [2.24, 2.45) is 0 Å². The van der Waals surface area contributed by atoms with Crippen molar-refractivity contribution in [1.82, 2.24) is 9.13 Å². The molecule has 21 aromatic rings. The van der Waals surface area contributed by atoms with Crippen LogP contribution in [0.2, 0.25) is 0 Å².